The maximum Gasteiger partial charge on any atom is 0.170 e. The highest BCUT2D eigenvalue weighted by Gasteiger charge is 2.02. The number of benzene rings is 2. The number of rotatable bonds is 6. The molecule has 22 heavy (non-hydrogen) atoms. The monoisotopic (exact) mass is 334 g/mol. The van der Waals surface area contributed by atoms with Gasteiger partial charge >= 0.3 is 0 Å². The zero-order valence-corrected chi connectivity index (χ0v) is 14.1. The van der Waals surface area contributed by atoms with Gasteiger partial charge in [-0.1, -0.05) is 42.0 Å². The lowest BCUT2D eigenvalue weighted by Gasteiger charge is -2.11. The van der Waals surface area contributed by atoms with Crippen molar-refractivity contribution in [1.29, 1.82) is 0 Å². The van der Waals surface area contributed by atoms with Crippen LogP contribution < -0.4 is 10.6 Å². The third kappa shape index (κ3) is 5.66. The number of aryl methyl sites for hydroxylation is 1. The van der Waals surface area contributed by atoms with Gasteiger partial charge in [-0.25, -0.2) is 4.39 Å². The molecule has 0 aliphatic carbocycles. The molecule has 116 valence electrons. The average Bonchev–Trinajstić information content (AvgIpc) is 2.51. The number of nitrogens with one attached hydrogen (secondary N) is 2. The Hall–Kier alpha value is -1.59. The second-order valence-electron chi connectivity index (χ2n) is 4.90. The van der Waals surface area contributed by atoms with E-state index in [4.69, 9.17) is 12.2 Å². The Balaban J connectivity index is 1.63. The molecule has 2 aromatic carbocycles. The third-order valence-corrected chi connectivity index (χ3v) is 4.32. The number of thioether (sulfide) groups is 1. The van der Waals surface area contributed by atoms with E-state index < -0.39 is 0 Å². The first kappa shape index (κ1) is 16.8. The predicted octanol–water partition coefficient (Wildman–Crippen LogP) is 4.35. The molecule has 0 unspecified atom stereocenters. The highest BCUT2D eigenvalue weighted by molar-refractivity contribution is 7.98. The average molecular weight is 334 g/mol. The minimum Gasteiger partial charge on any atom is -0.362 e. The largest absolute Gasteiger partial charge is 0.362 e. The molecule has 2 aromatic rings. The standard InChI is InChI=1S/C17H19FN2S2/c1-13-6-8-14(9-7-13)12-22-11-10-19-17(21)20-16-5-3-2-4-15(16)18/h2-9H,10-12H2,1H3,(H2,19,20,21). The molecule has 0 heterocycles. The molecule has 0 atom stereocenters. The molecule has 5 heteroatoms. The minimum atomic E-state index is -0.305. The van der Waals surface area contributed by atoms with Gasteiger partial charge in [-0.15, -0.1) is 0 Å². The fourth-order valence-corrected chi connectivity index (χ4v) is 2.87. The zero-order chi connectivity index (χ0) is 15.8. The molecule has 0 aromatic heterocycles. The quantitative estimate of drug-likeness (QED) is 0.606. The maximum atomic E-state index is 13.5. The smallest absolute Gasteiger partial charge is 0.170 e. The van der Waals surface area contributed by atoms with E-state index in [2.05, 4.69) is 41.8 Å². The highest BCUT2D eigenvalue weighted by Crippen LogP contribution is 2.13. The van der Waals surface area contributed by atoms with E-state index in [1.807, 2.05) is 11.8 Å². The van der Waals surface area contributed by atoms with Gasteiger partial charge in [0.05, 0.1) is 5.69 Å². The van der Waals surface area contributed by atoms with Crippen LogP contribution in [0.4, 0.5) is 10.1 Å². The number of thiocarbonyl (C=S) groups is 1. The molecule has 0 saturated carbocycles. The van der Waals surface area contributed by atoms with Gasteiger partial charge in [-0.05, 0) is 36.8 Å². The van der Waals surface area contributed by atoms with Crippen LogP contribution in [0.25, 0.3) is 0 Å². The summed E-state index contributed by atoms with van der Waals surface area (Å²) in [7, 11) is 0. The second-order valence-corrected chi connectivity index (χ2v) is 6.41. The highest BCUT2D eigenvalue weighted by atomic mass is 32.2. The Labute approximate surface area is 140 Å². The third-order valence-electron chi connectivity index (χ3n) is 3.04. The first-order valence-electron chi connectivity index (χ1n) is 7.08. The van der Waals surface area contributed by atoms with Gasteiger partial charge in [-0.3, -0.25) is 0 Å². The van der Waals surface area contributed by atoms with Gasteiger partial charge in [0.25, 0.3) is 0 Å². The van der Waals surface area contributed by atoms with E-state index in [0.29, 0.717) is 10.8 Å². The molecule has 2 rings (SSSR count). The first-order valence-corrected chi connectivity index (χ1v) is 8.64. The van der Waals surface area contributed by atoms with Crippen LogP contribution in [-0.4, -0.2) is 17.4 Å². The van der Waals surface area contributed by atoms with Crippen molar-refractivity contribution in [3.63, 3.8) is 0 Å². The van der Waals surface area contributed by atoms with Crippen molar-refractivity contribution >= 4 is 34.8 Å². The molecule has 0 spiro atoms. The van der Waals surface area contributed by atoms with Gasteiger partial charge in [0, 0.05) is 18.1 Å². The molecule has 2 N–H and O–H groups in total. The molecule has 0 aliphatic heterocycles. The molecule has 0 aliphatic rings. The SMILES string of the molecule is Cc1ccc(CSCCNC(=S)Nc2ccccc2F)cc1. The normalized spacial score (nSPS) is 10.3. The van der Waals surface area contributed by atoms with Crippen LogP contribution in [-0.2, 0) is 5.75 Å². The van der Waals surface area contributed by atoms with Gasteiger partial charge in [-0.2, -0.15) is 11.8 Å². The fourth-order valence-electron chi connectivity index (χ4n) is 1.84. The fraction of sp³-hybridized carbons (Fsp3) is 0.235. The van der Waals surface area contributed by atoms with Gasteiger partial charge in [0.1, 0.15) is 5.82 Å². The molecule has 0 amide bonds. The predicted molar refractivity (Wildman–Crippen MR) is 98.0 cm³/mol. The first-order chi connectivity index (χ1) is 10.6. The molecule has 2 nitrogen and oxygen atoms in total. The Bertz CT molecular complexity index is 614. The summed E-state index contributed by atoms with van der Waals surface area (Å²) >= 11 is 6.99. The van der Waals surface area contributed by atoms with E-state index >= 15 is 0 Å². The van der Waals surface area contributed by atoms with Crippen molar-refractivity contribution in [3.8, 4) is 0 Å². The van der Waals surface area contributed by atoms with Gasteiger partial charge in [0.2, 0.25) is 0 Å². The summed E-state index contributed by atoms with van der Waals surface area (Å²) in [6, 6.07) is 15.0. The Morgan fingerprint density at radius 2 is 1.86 bits per heavy atom. The van der Waals surface area contributed by atoms with Crippen LogP contribution in [0.5, 0.6) is 0 Å². The second kappa shape index (κ2) is 8.76. The summed E-state index contributed by atoms with van der Waals surface area (Å²) < 4.78 is 13.5. The van der Waals surface area contributed by atoms with Crippen molar-refractivity contribution in [1.82, 2.24) is 5.32 Å². The zero-order valence-electron chi connectivity index (χ0n) is 12.4. The van der Waals surface area contributed by atoms with E-state index in [9.17, 15) is 4.39 Å². The minimum absolute atomic E-state index is 0.305. The van der Waals surface area contributed by atoms with E-state index in [1.165, 1.54) is 17.2 Å². The molecular weight excluding hydrogens is 315 g/mol. The summed E-state index contributed by atoms with van der Waals surface area (Å²) in [5.74, 6) is 1.61. The van der Waals surface area contributed by atoms with E-state index in [1.54, 1.807) is 18.2 Å². The van der Waals surface area contributed by atoms with Crippen LogP contribution >= 0.6 is 24.0 Å². The van der Waals surface area contributed by atoms with Crippen LogP contribution in [0.15, 0.2) is 48.5 Å². The van der Waals surface area contributed by atoms with E-state index in [0.717, 1.165) is 18.1 Å². The van der Waals surface area contributed by atoms with Crippen LogP contribution in [0.2, 0.25) is 0 Å². The van der Waals surface area contributed by atoms with Crippen molar-refractivity contribution in [3.05, 3.63) is 65.5 Å². The van der Waals surface area contributed by atoms with Crippen molar-refractivity contribution in [2.75, 3.05) is 17.6 Å². The molecule has 0 radical (unpaired) electrons. The summed E-state index contributed by atoms with van der Waals surface area (Å²) in [6.07, 6.45) is 0. The van der Waals surface area contributed by atoms with Gasteiger partial charge in [0.15, 0.2) is 5.11 Å². The summed E-state index contributed by atoms with van der Waals surface area (Å²) in [4.78, 5) is 0. The van der Waals surface area contributed by atoms with Crippen LogP contribution in [0.1, 0.15) is 11.1 Å². The van der Waals surface area contributed by atoms with Crippen molar-refractivity contribution in [2.45, 2.75) is 12.7 Å². The Kier molecular flexibility index (Phi) is 6.68. The number of anilines is 1. The van der Waals surface area contributed by atoms with E-state index in [-0.39, 0.29) is 5.82 Å². The molecule has 0 saturated heterocycles. The summed E-state index contributed by atoms with van der Waals surface area (Å²) in [5.41, 5.74) is 3.00. The summed E-state index contributed by atoms with van der Waals surface area (Å²) in [5, 5.41) is 6.39. The topological polar surface area (TPSA) is 24.1 Å². The lowest BCUT2D eigenvalue weighted by atomic mass is 10.2. The molecule has 0 fully saturated rings. The van der Waals surface area contributed by atoms with Crippen LogP contribution in [0, 0.1) is 12.7 Å². The van der Waals surface area contributed by atoms with Gasteiger partial charge < -0.3 is 10.6 Å². The molecular formula is C17H19FN2S2. The lowest BCUT2D eigenvalue weighted by molar-refractivity contribution is 0.632. The number of halogens is 1. The summed E-state index contributed by atoms with van der Waals surface area (Å²) in [6.45, 7) is 2.83. The number of para-hydroxylation sites is 1. The van der Waals surface area contributed by atoms with Crippen LogP contribution in [0.3, 0.4) is 0 Å². The van der Waals surface area contributed by atoms with Crippen molar-refractivity contribution in [2.24, 2.45) is 0 Å². The molecule has 0 bridgehead atoms. The van der Waals surface area contributed by atoms with Crippen molar-refractivity contribution < 1.29 is 4.39 Å². The Morgan fingerprint density at radius 1 is 1.14 bits per heavy atom. The Morgan fingerprint density at radius 3 is 2.59 bits per heavy atom. The maximum absolute atomic E-state index is 13.5. The number of hydrogen-bond acceptors (Lipinski definition) is 2. The lowest BCUT2D eigenvalue weighted by Crippen LogP contribution is -2.30. The number of hydrogen-bond donors (Lipinski definition) is 2.